The first kappa shape index (κ1) is 15.0. The lowest BCUT2D eigenvalue weighted by Crippen LogP contribution is -2.30. The zero-order valence-electron chi connectivity index (χ0n) is 12.0. The van der Waals surface area contributed by atoms with Gasteiger partial charge in [0.25, 0.3) is 0 Å². The highest BCUT2D eigenvalue weighted by Crippen LogP contribution is 2.33. The van der Waals surface area contributed by atoms with Crippen LogP contribution in [0, 0.1) is 17.7 Å². The second-order valence-corrected chi connectivity index (χ2v) is 5.02. The number of rotatable bonds is 6. The van der Waals surface area contributed by atoms with Gasteiger partial charge >= 0.3 is 0 Å². The quantitative estimate of drug-likeness (QED) is 0.833. The van der Waals surface area contributed by atoms with E-state index >= 15 is 0 Å². The molecule has 102 valence electrons. The Morgan fingerprint density at radius 3 is 2.44 bits per heavy atom. The SMILES string of the molecule is CCNC(c1cc(F)ccc1OC)C(C)C(C)C. The summed E-state index contributed by atoms with van der Waals surface area (Å²) >= 11 is 0. The summed E-state index contributed by atoms with van der Waals surface area (Å²) in [5, 5.41) is 3.44. The predicted molar refractivity (Wildman–Crippen MR) is 73.4 cm³/mol. The molecule has 0 saturated carbocycles. The molecule has 1 aromatic carbocycles. The highest BCUT2D eigenvalue weighted by molar-refractivity contribution is 5.37. The van der Waals surface area contributed by atoms with E-state index in [-0.39, 0.29) is 11.9 Å². The fraction of sp³-hybridized carbons (Fsp3) is 0.600. The lowest BCUT2D eigenvalue weighted by molar-refractivity contribution is 0.296. The Labute approximate surface area is 110 Å². The first-order chi connectivity index (χ1) is 8.51. The van der Waals surface area contributed by atoms with Crippen LogP contribution in [0.3, 0.4) is 0 Å². The summed E-state index contributed by atoms with van der Waals surface area (Å²) in [7, 11) is 1.62. The molecule has 2 unspecified atom stereocenters. The average molecular weight is 253 g/mol. The fourth-order valence-corrected chi connectivity index (χ4v) is 2.13. The molecule has 0 aliphatic heterocycles. The van der Waals surface area contributed by atoms with Crippen molar-refractivity contribution in [1.82, 2.24) is 5.32 Å². The van der Waals surface area contributed by atoms with Gasteiger partial charge in [-0.05, 0) is 36.6 Å². The minimum absolute atomic E-state index is 0.112. The van der Waals surface area contributed by atoms with Crippen LogP contribution in [0.2, 0.25) is 0 Å². The molecular formula is C15H24FNO. The Morgan fingerprint density at radius 2 is 1.94 bits per heavy atom. The fourth-order valence-electron chi connectivity index (χ4n) is 2.13. The summed E-state index contributed by atoms with van der Waals surface area (Å²) in [4.78, 5) is 0. The van der Waals surface area contributed by atoms with Gasteiger partial charge in [0.2, 0.25) is 0 Å². The number of methoxy groups -OCH3 is 1. The van der Waals surface area contributed by atoms with E-state index in [1.54, 1.807) is 19.2 Å². The Morgan fingerprint density at radius 1 is 1.28 bits per heavy atom. The molecule has 0 fully saturated rings. The van der Waals surface area contributed by atoms with E-state index in [1.165, 1.54) is 6.07 Å². The van der Waals surface area contributed by atoms with Gasteiger partial charge in [-0.25, -0.2) is 4.39 Å². The zero-order valence-corrected chi connectivity index (χ0v) is 12.0. The van der Waals surface area contributed by atoms with Crippen molar-refractivity contribution in [3.05, 3.63) is 29.6 Å². The smallest absolute Gasteiger partial charge is 0.123 e. The van der Waals surface area contributed by atoms with Crippen molar-refractivity contribution in [2.75, 3.05) is 13.7 Å². The van der Waals surface area contributed by atoms with Crippen LogP contribution >= 0.6 is 0 Å². The minimum Gasteiger partial charge on any atom is -0.496 e. The zero-order chi connectivity index (χ0) is 13.7. The molecule has 1 aromatic rings. The van der Waals surface area contributed by atoms with Gasteiger partial charge in [0.1, 0.15) is 11.6 Å². The molecule has 0 radical (unpaired) electrons. The van der Waals surface area contributed by atoms with E-state index in [9.17, 15) is 4.39 Å². The normalized spacial score (nSPS) is 14.6. The van der Waals surface area contributed by atoms with Gasteiger partial charge in [0.15, 0.2) is 0 Å². The molecule has 0 heterocycles. The maximum Gasteiger partial charge on any atom is 0.123 e. The highest BCUT2D eigenvalue weighted by Gasteiger charge is 2.24. The van der Waals surface area contributed by atoms with Crippen molar-refractivity contribution in [3.63, 3.8) is 0 Å². The Kier molecular flexibility index (Phi) is 5.60. The van der Waals surface area contributed by atoms with Crippen LogP contribution < -0.4 is 10.1 Å². The van der Waals surface area contributed by atoms with Gasteiger partial charge in [-0.15, -0.1) is 0 Å². The number of hydrogen-bond donors (Lipinski definition) is 1. The van der Waals surface area contributed by atoms with Gasteiger partial charge in [0.05, 0.1) is 7.11 Å². The van der Waals surface area contributed by atoms with E-state index in [4.69, 9.17) is 4.74 Å². The summed E-state index contributed by atoms with van der Waals surface area (Å²) in [6.45, 7) is 9.46. The van der Waals surface area contributed by atoms with Gasteiger partial charge in [-0.3, -0.25) is 0 Å². The molecule has 0 amide bonds. The van der Waals surface area contributed by atoms with Gasteiger partial charge < -0.3 is 10.1 Å². The molecular weight excluding hydrogens is 229 g/mol. The molecule has 0 aromatic heterocycles. The van der Waals surface area contributed by atoms with E-state index in [0.29, 0.717) is 11.8 Å². The molecule has 0 spiro atoms. The second kappa shape index (κ2) is 6.74. The van der Waals surface area contributed by atoms with E-state index in [0.717, 1.165) is 17.9 Å². The maximum absolute atomic E-state index is 13.5. The topological polar surface area (TPSA) is 21.3 Å². The van der Waals surface area contributed by atoms with E-state index in [2.05, 4.69) is 33.0 Å². The summed E-state index contributed by atoms with van der Waals surface area (Å²) in [5.74, 6) is 1.45. The third kappa shape index (κ3) is 3.45. The molecule has 18 heavy (non-hydrogen) atoms. The van der Waals surface area contributed by atoms with Crippen LogP contribution in [-0.2, 0) is 0 Å². The summed E-state index contributed by atoms with van der Waals surface area (Å²) in [6.07, 6.45) is 0. The molecule has 0 aliphatic rings. The second-order valence-electron chi connectivity index (χ2n) is 5.02. The van der Waals surface area contributed by atoms with Crippen LogP contribution in [0.25, 0.3) is 0 Å². The number of nitrogens with one attached hydrogen (secondary N) is 1. The van der Waals surface area contributed by atoms with Crippen LogP contribution in [0.15, 0.2) is 18.2 Å². The van der Waals surface area contributed by atoms with Gasteiger partial charge in [0, 0.05) is 11.6 Å². The molecule has 3 heteroatoms. The molecule has 2 atom stereocenters. The number of ether oxygens (including phenoxy) is 1. The van der Waals surface area contributed by atoms with Crippen molar-refractivity contribution in [3.8, 4) is 5.75 Å². The predicted octanol–water partition coefficient (Wildman–Crippen LogP) is 3.78. The lowest BCUT2D eigenvalue weighted by Gasteiger charge is -2.29. The molecule has 2 nitrogen and oxygen atoms in total. The van der Waals surface area contributed by atoms with Crippen LogP contribution in [0.4, 0.5) is 4.39 Å². The first-order valence-corrected chi connectivity index (χ1v) is 6.58. The average Bonchev–Trinajstić information content (AvgIpc) is 2.35. The molecule has 0 saturated heterocycles. The Bertz CT molecular complexity index is 379. The maximum atomic E-state index is 13.5. The van der Waals surface area contributed by atoms with Crippen LogP contribution in [0.1, 0.15) is 39.3 Å². The molecule has 0 aliphatic carbocycles. The largest absolute Gasteiger partial charge is 0.496 e. The molecule has 1 rings (SSSR count). The minimum atomic E-state index is -0.218. The van der Waals surface area contributed by atoms with Crippen LogP contribution in [0.5, 0.6) is 5.75 Å². The number of hydrogen-bond acceptors (Lipinski definition) is 2. The molecule has 1 N–H and O–H groups in total. The van der Waals surface area contributed by atoms with E-state index < -0.39 is 0 Å². The van der Waals surface area contributed by atoms with Crippen molar-refractivity contribution >= 4 is 0 Å². The number of benzene rings is 1. The third-order valence-corrected chi connectivity index (χ3v) is 3.53. The Hall–Kier alpha value is -1.09. The van der Waals surface area contributed by atoms with Gasteiger partial charge in [-0.2, -0.15) is 0 Å². The molecule has 0 bridgehead atoms. The standard InChI is InChI=1S/C15H24FNO/c1-6-17-15(11(4)10(2)3)13-9-12(16)7-8-14(13)18-5/h7-11,15,17H,6H2,1-5H3. The van der Waals surface area contributed by atoms with Crippen LogP contribution in [-0.4, -0.2) is 13.7 Å². The van der Waals surface area contributed by atoms with Crippen molar-refractivity contribution in [1.29, 1.82) is 0 Å². The lowest BCUT2D eigenvalue weighted by atomic mass is 9.85. The summed E-state index contributed by atoms with van der Waals surface area (Å²) in [5.41, 5.74) is 0.903. The van der Waals surface area contributed by atoms with Crippen molar-refractivity contribution < 1.29 is 9.13 Å². The van der Waals surface area contributed by atoms with Crippen molar-refractivity contribution in [2.45, 2.75) is 33.7 Å². The summed E-state index contributed by atoms with van der Waals surface area (Å²) in [6, 6.07) is 4.82. The first-order valence-electron chi connectivity index (χ1n) is 6.58. The number of halogens is 1. The van der Waals surface area contributed by atoms with Crippen molar-refractivity contribution in [2.24, 2.45) is 11.8 Å². The Balaban J connectivity index is 3.15. The summed E-state index contributed by atoms with van der Waals surface area (Å²) < 4.78 is 18.8. The monoisotopic (exact) mass is 253 g/mol. The van der Waals surface area contributed by atoms with E-state index in [1.807, 2.05) is 0 Å². The third-order valence-electron chi connectivity index (χ3n) is 3.53. The highest BCUT2D eigenvalue weighted by atomic mass is 19.1. The van der Waals surface area contributed by atoms with Gasteiger partial charge in [-0.1, -0.05) is 27.7 Å².